The van der Waals surface area contributed by atoms with E-state index in [4.69, 9.17) is 10.8 Å². The fraction of sp³-hybridized carbons (Fsp3) is 0.417. The van der Waals surface area contributed by atoms with Gasteiger partial charge in [-0.2, -0.15) is 13.2 Å². The van der Waals surface area contributed by atoms with Crippen LogP contribution in [0.3, 0.4) is 0 Å². The summed E-state index contributed by atoms with van der Waals surface area (Å²) in [5.41, 5.74) is 4.87. The topological polar surface area (TPSA) is 49.5 Å². The minimum atomic E-state index is -4.49. The normalized spacial score (nSPS) is 11.4. The van der Waals surface area contributed by atoms with E-state index in [1.54, 1.807) is 4.90 Å². The lowest BCUT2D eigenvalue weighted by Crippen LogP contribution is -2.27. The van der Waals surface area contributed by atoms with Gasteiger partial charge < -0.3 is 15.7 Å². The largest absolute Gasteiger partial charge is 0.417 e. The van der Waals surface area contributed by atoms with Crippen molar-refractivity contribution in [1.29, 1.82) is 0 Å². The van der Waals surface area contributed by atoms with Gasteiger partial charge in [-0.3, -0.25) is 0 Å². The standard InChI is InChI=1S/C12H15F3N2OS/c1-2-17(5-6-18)8-3-4-10(12(13,14)15)9(7-8)11(16)19/h3-4,7,18H,2,5-6H2,1H3,(H2,16,19). The average Bonchev–Trinajstić information content (AvgIpc) is 2.34. The van der Waals surface area contributed by atoms with Gasteiger partial charge in [0.05, 0.1) is 12.2 Å². The Morgan fingerprint density at radius 2 is 2.05 bits per heavy atom. The maximum Gasteiger partial charge on any atom is 0.417 e. The first-order valence-electron chi connectivity index (χ1n) is 5.68. The van der Waals surface area contributed by atoms with Gasteiger partial charge in [0.1, 0.15) is 4.99 Å². The van der Waals surface area contributed by atoms with Gasteiger partial charge in [-0.25, -0.2) is 0 Å². The van der Waals surface area contributed by atoms with Crippen LogP contribution in [-0.4, -0.2) is 29.8 Å². The number of likely N-dealkylation sites (N-methyl/N-ethyl adjacent to an activating group) is 1. The van der Waals surface area contributed by atoms with Crippen molar-refractivity contribution >= 4 is 22.9 Å². The first-order chi connectivity index (χ1) is 8.81. The highest BCUT2D eigenvalue weighted by Gasteiger charge is 2.34. The molecule has 0 aromatic heterocycles. The predicted octanol–water partition coefficient (Wildman–Crippen LogP) is 2.16. The Kier molecular flexibility index (Phi) is 5.13. The molecule has 19 heavy (non-hydrogen) atoms. The maximum atomic E-state index is 12.8. The van der Waals surface area contributed by atoms with Crippen molar-refractivity contribution in [2.45, 2.75) is 13.1 Å². The Bertz CT molecular complexity index is 463. The van der Waals surface area contributed by atoms with Crippen molar-refractivity contribution in [3.8, 4) is 0 Å². The van der Waals surface area contributed by atoms with Crippen LogP contribution in [0.2, 0.25) is 0 Å². The SMILES string of the molecule is CCN(CCO)c1ccc(C(F)(F)F)c(C(N)=S)c1. The number of aliphatic hydroxyl groups excluding tert-OH is 1. The lowest BCUT2D eigenvalue weighted by atomic mass is 10.1. The van der Waals surface area contributed by atoms with Gasteiger partial charge >= 0.3 is 6.18 Å². The Hall–Kier alpha value is -1.34. The van der Waals surface area contributed by atoms with Crippen LogP contribution in [0.4, 0.5) is 18.9 Å². The van der Waals surface area contributed by atoms with E-state index < -0.39 is 11.7 Å². The predicted molar refractivity (Wildman–Crippen MR) is 72.3 cm³/mol. The van der Waals surface area contributed by atoms with Crippen LogP contribution in [0.25, 0.3) is 0 Å². The summed E-state index contributed by atoms with van der Waals surface area (Å²) in [6.07, 6.45) is -4.49. The third kappa shape index (κ3) is 3.81. The van der Waals surface area contributed by atoms with Gasteiger partial charge in [0, 0.05) is 24.3 Å². The molecular weight excluding hydrogens is 277 g/mol. The summed E-state index contributed by atoms with van der Waals surface area (Å²) in [4.78, 5) is 1.44. The van der Waals surface area contributed by atoms with E-state index in [2.05, 4.69) is 12.2 Å². The van der Waals surface area contributed by atoms with Crippen LogP contribution in [0, 0.1) is 0 Å². The molecule has 0 spiro atoms. The Labute approximate surface area is 114 Å². The molecule has 0 aliphatic carbocycles. The quantitative estimate of drug-likeness (QED) is 0.817. The van der Waals surface area contributed by atoms with E-state index in [1.807, 2.05) is 6.92 Å². The summed E-state index contributed by atoms with van der Waals surface area (Å²) in [5, 5.41) is 8.92. The van der Waals surface area contributed by atoms with E-state index in [1.165, 1.54) is 12.1 Å². The van der Waals surface area contributed by atoms with Gasteiger partial charge in [0.15, 0.2) is 0 Å². The highest BCUT2D eigenvalue weighted by molar-refractivity contribution is 7.80. The molecule has 0 saturated carbocycles. The Morgan fingerprint density at radius 1 is 1.42 bits per heavy atom. The van der Waals surface area contributed by atoms with Gasteiger partial charge in [-0.1, -0.05) is 12.2 Å². The summed E-state index contributed by atoms with van der Waals surface area (Å²) >= 11 is 4.68. The molecule has 0 aliphatic rings. The molecule has 3 nitrogen and oxygen atoms in total. The number of hydrogen-bond acceptors (Lipinski definition) is 3. The average molecular weight is 292 g/mol. The lowest BCUT2D eigenvalue weighted by molar-refractivity contribution is -0.137. The number of hydrogen-bond donors (Lipinski definition) is 2. The van der Waals surface area contributed by atoms with E-state index in [0.717, 1.165) is 6.07 Å². The summed E-state index contributed by atoms with van der Waals surface area (Å²) in [6.45, 7) is 2.65. The Morgan fingerprint density at radius 3 is 2.47 bits per heavy atom. The number of anilines is 1. The van der Waals surface area contributed by atoms with Crippen molar-refractivity contribution < 1.29 is 18.3 Å². The lowest BCUT2D eigenvalue weighted by Gasteiger charge is -2.23. The van der Waals surface area contributed by atoms with Crippen molar-refractivity contribution in [2.75, 3.05) is 24.6 Å². The molecule has 0 bridgehead atoms. The first-order valence-corrected chi connectivity index (χ1v) is 6.09. The summed E-state index contributed by atoms with van der Waals surface area (Å²) in [5.74, 6) is 0. The van der Waals surface area contributed by atoms with E-state index in [0.29, 0.717) is 18.8 Å². The van der Waals surface area contributed by atoms with Gasteiger partial charge in [-0.15, -0.1) is 0 Å². The zero-order chi connectivity index (χ0) is 14.6. The highest BCUT2D eigenvalue weighted by Crippen LogP contribution is 2.34. The van der Waals surface area contributed by atoms with E-state index in [9.17, 15) is 13.2 Å². The number of benzene rings is 1. The molecule has 0 amide bonds. The van der Waals surface area contributed by atoms with E-state index in [-0.39, 0.29) is 17.2 Å². The number of nitrogens with zero attached hydrogens (tertiary/aromatic N) is 1. The van der Waals surface area contributed by atoms with Crippen molar-refractivity contribution in [1.82, 2.24) is 0 Å². The van der Waals surface area contributed by atoms with Crippen molar-refractivity contribution in [3.63, 3.8) is 0 Å². The third-order valence-electron chi connectivity index (χ3n) is 2.69. The Balaban J connectivity index is 3.27. The molecule has 0 fully saturated rings. The molecule has 0 radical (unpaired) electrons. The minimum absolute atomic E-state index is 0.0860. The van der Waals surface area contributed by atoms with Crippen LogP contribution in [0.5, 0.6) is 0 Å². The molecule has 0 atom stereocenters. The summed E-state index contributed by atoms with van der Waals surface area (Å²) in [7, 11) is 0. The molecule has 7 heteroatoms. The third-order valence-corrected chi connectivity index (χ3v) is 2.91. The number of nitrogens with two attached hydrogens (primary N) is 1. The molecule has 0 unspecified atom stereocenters. The number of alkyl halides is 3. The second kappa shape index (κ2) is 6.21. The minimum Gasteiger partial charge on any atom is -0.395 e. The summed E-state index contributed by atoms with van der Waals surface area (Å²) < 4.78 is 38.4. The van der Waals surface area contributed by atoms with Gasteiger partial charge in [0.2, 0.25) is 0 Å². The molecule has 1 aromatic carbocycles. The van der Waals surface area contributed by atoms with Crippen LogP contribution in [0.15, 0.2) is 18.2 Å². The van der Waals surface area contributed by atoms with Gasteiger partial charge in [-0.05, 0) is 25.1 Å². The van der Waals surface area contributed by atoms with Crippen LogP contribution in [0.1, 0.15) is 18.1 Å². The molecular formula is C12H15F3N2OS. The van der Waals surface area contributed by atoms with Gasteiger partial charge in [0.25, 0.3) is 0 Å². The smallest absolute Gasteiger partial charge is 0.395 e. The highest BCUT2D eigenvalue weighted by atomic mass is 32.1. The number of aliphatic hydroxyl groups is 1. The van der Waals surface area contributed by atoms with Crippen LogP contribution < -0.4 is 10.6 Å². The second-order valence-corrected chi connectivity index (χ2v) is 4.33. The number of thiocarbonyl (C=S) groups is 1. The molecule has 3 N–H and O–H groups in total. The maximum absolute atomic E-state index is 12.8. The molecule has 1 aromatic rings. The van der Waals surface area contributed by atoms with Crippen molar-refractivity contribution in [2.24, 2.45) is 5.73 Å². The first kappa shape index (κ1) is 15.7. The van der Waals surface area contributed by atoms with Crippen molar-refractivity contribution in [3.05, 3.63) is 29.3 Å². The monoisotopic (exact) mass is 292 g/mol. The van der Waals surface area contributed by atoms with E-state index >= 15 is 0 Å². The van der Waals surface area contributed by atoms with Crippen LogP contribution in [-0.2, 0) is 6.18 Å². The number of halogens is 3. The summed E-state index contributed by atoms with van der Waals surface area (Å²) in [6, 6.07) is 3.62. The zero-order valence-corrected chi connectivity index (χ0v) is 11.2. The molecule has 0 aliphatic heterocycles. The molecule has 106 valence electrons. The molecule has 0 heterocycles. The van der Waals surface area contributed by atoms with Crippen LogP contribution >= 0.6 is 12.2 Å². The zero-order valence-electron chi connectivity index (χ0n) is 10.4. The molecule has 1 rings (SSSR count). The number of rotatable bonds is 5. The molecule has 0 saturated heterocycles. The fourth-order valence-corrected chi connectivity index (χ4v) is 1.94. The fourth-order valence-electron chi connectivity index (χ4n) is 1.77. The second-order valence-electron chi connectivity index (χ2n) is 3.90.